The van der Waals surface area contributed by atoms with Crippen LogP contribution in [0.15, 0.2) is 5.16 Å². The molecule has 1 aliphatic rings. The van der Waals surface area contributed by atoms with Gasteiger partial charge in [0.05, 0.1) is 0 Å². The van der Waals surface area contributed by atoms with Gasteiger partial charge in [0.25, 0.3) is 0 Å². The summed E-state index contributed by atoms with van der Waals surface area (Å²) in [7, 11) is 1.54. The van der Waals surface area contributed by atoms with E-state index >= 15 is 0 Å². The summed E-state index contributed by atoms with van der Waals surface area (Å²) < 4.78 is 0. The lowest BCUT2D eigenvalue weighted by Crippen LogP contribution is -2.21. The van der Waals surface area contributed by atoms with Crippen molar-refractivity contribution in [3.8, 4) is 0 Å². The predicted molar refractivity (Wildman–Crippen MR) is 40.1 cm³/mol. The van der Waals surface area contributed by atoms with Crippen LogP contribution in [0.1, 0.15) is 0 Å². The zero-order valence-electron chi connectivity index (χ0n) is 6.08. The lowest BCUT2D eigenvalue weighted by atomic mass is 10.1. The van der Waals surface area contributed by atoms with Gasteiger partial charge in [0.2, 0.25) is 0 Å². The summed E-state index contributed by atoms with van der Waals surface area (Å²) >= 11 is 0. The molecular formula is C6H12N3O-. The molecule has 0 amide bonds. The van der Waals surface area contributed by atoms with E-state index in [0.29, 0.717) is 19.0 Å². The predicted octanol–water partition coefficient (Wildman–Crippen LogP) is -0.0490. The summed E-state index contributed by atoms with van der Waals surface area (Å²) in [6.45, 7) is 2.11. The van der Waals surface area contributed by atoms with E-state index in [0.717, 1.165) is 12.3 Å². The lowest BCUT2D eigenvalue weighted by Gasteiger charge is -2.08. The van der Waals surface area contributed by atoms with Crippen molar-refractivity contribution in [2.45, 2.75) is 0 Å². The standard InChI is InChI=1S/C6H12N3O/c1-10-9-6-4-8-3-5(6)2-7/h5H,2-4,7H2,1H3/q-1/b9-6+. The van der Waals surface area contributed by atoms with Gasteiger partial charge >= 0.3 is 0 Å². The number of nitrogens with two attached hydrogens (primary N) is 1. The van der Waals surface area contributed by atoms with Crippen molar-refractivity contribution in [1.82, 2.24) is 0 Å². The Labute approximate surface area is 60.4 Å². The minimum absolute atomic E-state index is 0.319. The summed E-state index contributed by atoms with van der Waals surface area (Å²) in [6.07, 6.45) is 0. The Morgan fingerprint density at radius 2 is 2.70 bits per heavy atom. The number of nitrogens with zero attached hydrogens (tertiary/aromatic N) is 2. The fourth-order valence-corrected chi connectivity index (χ4v) is 1.00. The fourth-order valence-electron chi connectivity index (χ4n) is 1.00. The summed E-state index contributed by atoms with van der Waals surface area (Å²) in [5.41, 5.74) is 6.43. The van der Waals surface area contributed by atoms with Crippen LogP contribution in [0.4, 0.5) is 0 Å². The molecule has 0 bridgehead atoms. The molecule has 0 radical (unpaired) electrons. The van der Waals surface area contributed by atoms with Gasteiger partial charge in [-0.05, 0) is 12.5 Å². The topological polar surface area (TPSA) is 61.7 Å². The van der Waals surface area contributed by atoms with Crippen LogP contribution in [0.3, 0.4) is 0 Å². The van der Waals surface area contributed by atoms with E-state index in [4.69, 9.17) is 5.73 Å². The molecule has 1 saturated heterocycles. The number of rotatable bonds is 2. The van der Waals surface area contributed by atoms with Crippen LogP contribution in [0.2, 0.25) is 0 Å². The maximum Gasteiger partial charge on any atom is 0.106 e. The van der Waals surface area contributed by atoms with Gasteiger partial charge in [-0.15, -0.1) is 13.1 Å². The van der Waals surface area contributed by atoms with Crippen molar-refractivity contribution in [2.24, 2.45) is 16.8 Å². The Kier molecular flexibility index (Phi) is 2.65. The third-order valence-corrected chi connectivity index (χ3v) is 1.59. The normalized spacial score (nSPS) is 29.4. The van der Waals surface area contributed by atoms with E-state index in [1.807, 2.05) is 0 Å². The highest BCUT2D eigenvalue weighted by molar-refractivity contribution is 5.93. The Morgan fingerprint density at radius 3 is 3.30 bits per heavy atom. The molecular weight excluding hydrogens is 130 g/mol. The van der Waals surface area contributed by atoms with Gasteiger partial charge in [0.1, 0.15) is 7.11 Å². The minimum atomic E-state index is 0.319. The van der Waals surface area contributed by atoms with Crippen LogP contribution in [0.25, 0.3) is 5.32 Å². The van der Waals surface area contributed by atoms with Gasteiger partial charge in [-0.2, -0.15) is 0 Å². The molecule has 1 fully saturated rings. The summed E-state index contributed by atoms with van der Waals surface area (Å²) in [6, 6.07) is 0. The van der Waals surface area contributed by atoms with E-state index in [9.17, 15) is 0 Å². The lowest BCUT2D eigenvalue weighted by molar-refractivity contribution is 0.211. The van der Waals surface area contributed by atoms with E-state index in [1.165, 1.54) is 0 Å². The van der Waals surface area contributed by atoms with Gasteiger partial charge in [-0.25, -0.2) is 0 Å². The fraction of sp³-hybridized carbons (Fsp3) is 0.833. The minimum Gasteiger partial charge on any atom is -0.657 e. The second-order valence-corrected chi connectivity index (χ2v) is 2.26. The molecule has 4 nitrogen and oxygen atoms in total. The summed E-state index contributed by atoms with van der Waals surface area (Å²) in [5, 5.41) is 7.96. The van der Waals surface area contributed by atoms with Crippen LogP contribution in [-0.2, 0) is 4.84 Å². The smallest absolute Gasteiger partial charge is 0.106 e. The molecule has 4 heteroatoms. The molecule has 1 atom stereocenters. The van der Waals surface area contributed by atoms with Crippen LogP contribution in [0, 0.1) is 5.92 Å². The average molecular weight is 142 g/mol. The van der Waals surface area contributed by atoms with Crippen LogP contribution < -0.4 is 5.73 Å². The Bertz CT molecular complexity index is 135. The summed E-state index contributed by atoms with van der Waals surface area (Å²) in [4.78, 5) is 4.63. The van der Waals surface area contributed by atoms with Crippen molar-refractivity contribution in [3.63, 3.8) is 0 Å². The van der Waals surface area contributed by atoms with Gasteiger partial charge < -0.3 is 15.9 Å². The molecule has 0 aromatic heterocycles. The molecule has 1 heterocycles. The number of hydrogen-bond donors (Lipinski definition) is 1. The highest BCUT2D eigenvalue weighted by atomic mass is 16.6. The molecule has 0 aromatic rings. The molecule has 0 spiro atoms. The van der Waals surface area contributed by atoms with Gasteiger partial charge in [-0.3, -0.25) is 0 Å². The van der Waals surface area contributed by atoms with Crippen LogP contribution in [-0.4, -0.2) is 32.5 Å². The average Bonchev–Trinajstić information content (AvgIpc) is 2.36. The van der Waals surface area contributed by atoms with Crippen LogP contribution >= 0.6 is 0 Å². The van der Waals surface area contributed by atoms with Crippen LogP contribution in [0.5, 0.6) is 0 Å². The van der Waals surface area contributed by atoms with Crippen molar-refractivity contribution < 1.29 is 4.84 Å². The molecule has 0 aliphatic carbocycles. The Balaban J connectivity index is 2.49. The Hall–Kier alpha value is -0.610. The molecule has 0 aromatic carbocycles. The SMILES string of the molecule is CO/N=C1\C[N-]CC1CN. The van der Waals surface area contributed by atoms with E-state index in [1.54, 1.807) is 7.11 Å². The molecule has 0 saturated carbocycles. The zero-order valence-corrected chi connectivity index (χ0v) is 6.08. The molecule has 1 aliphatic heterocycles. The maximum absolute atomic E-state index is 5.46. The zero-order chi connectivity index (χ0) is 7.40. The number of oxime groups is 1. The quantitative estimate of drug-likeness (QED) is 0.549. The molecule has 2 N–H and O–H groups in total. The first-order chi connectivity index (χ1) is 4.88. The first kappa shape index (κ1) is 7.50. The highest BCUT2D eigenvalue weighted by Crippen LogP contribution is 2.13. The highest BCUT2D eigenvalue weighted by Gasteiger charge is 2.12. The van der Waals surface area contributed by atoms with E-state index in [-0.39, 0.29) is 0 Å². The van der Waals surface area contributed by atoms with E-state index < -0.39 is 0 Å². The largest absolute Gasteiger partial charge is 0.657 e. The number of hydrogen-bond acceptors (Lipinski definition) is 3. The second kappa shape index (κ2) is 3.53. The van der Waals surface area contributed by atoms with Crippen molar-refractivity contribution in [2.75, 3.05) is 26.7 Å². The molecule has 1 unspecified atom stereocenters. The van der Waals surface area contributed by atoms with E-state index in [2.05, 4.69) is 15.3 Å². The second-order valence-electron chi connectivity index (χ2n) is 2.26. The van der Waals surface area contributed by atoms with Crippen molar-refractivity contribution >= 4 is 5.71 Å². The third kappa shape index (κ3) is 1.46. The van der Waals surface area contributed by atoms with Gasteiger partial charge in [-0.1, -0.05) is 5.16 Å². The Morgan fingerprint density at radius 1 is 1.90 bits per heavy atom. The first-order valence-electron chi connectivity index (χ1n) is 3.31. The van der Waals surface area contributed by atoms with Crippen molar-refractivity contribution in [1.29, 1.82) is 0 Å². The monoisotopic (exact) mass is 142 g/mol. The molecule has 1 rings (SSSR count). The summed E-state index contributed by atoms with van der Waals surface area (Å²) in [5.74, 6) is 0.319. The third-order valence-electron chi connectivity index (χ3n) is 1.59. The van der Waals surface area contributed by atoms with Gasteiger partial charge in [0.15, 0.2) is 0 Å². The van der Waals surface area contributed by atoms with Gasteiger partial charge in [0, 0.05) is 5.71 Å². The van der Waals surface area contributed by atoms with Crippen molar-refractivity contribution in [3.05, 3.63) is 5.32 Å². The first-order valence-corrected chi connectivity index (χ1v) is 3.31. The maximum atomic E-state index is 5.46. The molecule has 10 heavy (non-hydrogen) atoms. The molecule has 58 valence electrons.